The molecule has 1 aromatic heterocycles. The zero-order chi connectivity index (χ0) is 22.2. The van der Waals surface area contributed by atoms with Gasteiger partial charge < -0.3 is 19.1 Å². The third-order valence-corrected chi connectivity index (χ3v) is 4.38. The lowest BCUT2D eigenvalue weighted by molar-refractivity contribution is -0.116. The Kier molecular flexibility index (Phi) is 7.37. The number of anilines is 1. The first-order valence-corrected chi connectivity index (χ1v) is 9.54. The van der Waals surface area contributed by atoms with E-state index in [0.717, 1.165) is 0 Å². The molecule has 0 spiro atoms. The van der Waals surface area contributed by atoms with Gasteiger partial charge in [0.05, 0.1) is 13.7 Å². The zero-order valence-corrected chi connectivity index (χ0v) is 17.2. The highest BCUT2D eigenvalue weighted by Crippen LogP contribution is 2.33. The van der Waals surface area contributed by atoms with E-state index in [1.54, 1.807) is 30.3 Å². The van der Waals surface area contributed by atoms with Crippen molar-refractivity contribution < 1.29 is 27.8 Å². The first-order chi connectivity index (χ1) is 15.0. The minimum atomic E-state index is -0.639. The second kappa shape index (κ2) is 10.4. The molecule has 3 aromatic rings. The van der Waals surface area contributed by atoms with Gasteiger partial charge in [0.1, 0.15) is 42.0 Å². The van der Waals surface area contributed by atoms with Crippen LogP contribution in [0.15, 0.2) is 60.8 Å². The van der Waals surface area contributed by atoms with Gasteiger partial charge in [-0.1, -0.05) is 0 Å². The van der Waals surface area contributed by atoms with Gasteiger partial charge in [-0.05, 0) is 54.6 Å². The fraction of sp³-hybridized carbons (Fsp3) is 0.217. The number of benzene rings is 2. The highest BCUT2D eigenvalue weighted by molar-refractivity contribution is 5.92. The first kappa shape index (κ1) is 22.0. The quantitative estimate of drug-likeness (QED) is 0.485. The van der Waals surface area contributed by atoms with E-state index in [9.17, 15) is 13.6 Å². The predicted molar refractivity (Wildman–Crippen MR) is 112 cm³/mol. The molecule has 0 aliphatic heterocycles. The van der Waals surface area contributed by atoms with Crippen LogP contribution in [0.5, 0.6) is 23.1 Å². The molecule has 0 aliphatic rings. The summed E-state index contributed by atoms with van der Waals surface area (Å²) in [6, 6.07) is 13.9. The fourth-order valence-electron chi connectivity index (χ4n) is 2.91. The second-order valence-corrected chi connectivity index (χ2v) is 6.50. The van der Waals surface area contributed by atoms with Crippen molar-refractivity contribution in [2.45, 2.75) is 13.5 Å². The van der Waals surface area contributed by atoms with Crippen molar-refractivity contribution in [3.63, 3.8) is 0 Å². The van der Waals surface area contributed by atoms with Gasteiger partial charge in [-0.3, -0.25) is 4.79 Å². The lowest BCUT2D eigenvalue weighted by atomic mass is 10.1. The minimum Gasteiger partial charge on any atom is -0.497 e. The van der Waals surface area contributed by atoms with E-state index in [-0.39, 0.29) is 24.9 Å². The summed E-state index contributed by atoms with van der Waals surface area (Å²) >= 11 is 0. The summed E-state index contributed by atoms with van der Waals surface area (Å²) in [4.78, 5) is 18.2. The maximum absolute atomic E-state index is 13.2. The van der Waals surface area contributed by atoms with E-state index in [2.05, 4.69) is 4.98 Å². The van der Waals surface area contributed by atoms with Crippen molar-refractivity contribution in [3.05, 3.63) is 72.2 Å². The molecule has 0 unspecified atom stereocenters. The highest BCUT2D eigenvalue weighted by Gasteiger charge is 2.20. The van der Waals surface area contributed by atoms with Crippen LogP contribution in [0.25, 0.3) is 0 Å². The number of pyridine rings is 1. The average molecular weight is 427 g/mol. The largest absolute Gasteiger partial charge is 0.497 e. The van der Waals surface area contributed by atoms with Crippen molar-refractivity contribution in [2.24, 2.45) is 0 Å². The van der Waals surface area contributed by atoms with Crippen LogP contribution in [-0.2, 0) is 11.3 Å². The Hall–Kier alpha value is -3.68. The normalized spacial score (nSPS) is 10.5. The monoisotopic (exact) mass is 427 g/mol. The van der Waals surface area contributed by atoms with Gasteiger partial charge in [0.15, 0.2) is 0 Å². The lowest BCUT2D eigenvalue weighted by Crippen LogP contribution is -2.28. The summed E-state index contributed by atoms with van der Waals surface area (Å²) in [6.45, 7) is 0.780. The molecule has 2 aromatic carbocycles. The molecule has 0 N–H and O–H groups in total. The summed E-state index contributed by atoms with van der Waals surface area (Å²) in [7, 11) is 1.53. The van der Waals surface area contributed by atoms with E-state index >= 15 is 0 Å². The highest BCUT2D eigenvalue weighted by atomic mass is 19.1. The number of aromatic nitrogens is 1. The summed E-state index contributed by atoms with van der Waals surface area (Å²) in [5, 5.41) is 0. The molecule has 0 saturated carbocycles. The van der Waals surface area contributed by atoms with Crippen LogP contribution < -0.4 is 19.1 Å². The van der Waals surface area contributed by atoms with E-state index in [0.29, 0.717) is 28.5 Å². The standard InChI is InChI=1S/C23H22F2N2O4/c1-16(28)27(15-17-14-20(29-2)9-10-22(17)30-13-11-24)21-4-3-12-26-23(21)31-19-7-5-18(25)6-8-19/h3-10,12,14H,11,13,15H2,1-2H3/i24-1. The summed E-state index contributed by atoms with van der Waals surface area (Å²) < 4.78 is 42.4. The van der Waals surface area contributed by atoms with Gasteiger partial charge in [-0.15, -0.1) is 0 Å². The van der Waals surface area contributed by atoms with Crippen LogP contribution >= 0.6 is 0 Å². The van der Waals surface area contributed by atoms with E-state index in [1.165, 1.54) is 49.4 Å². The SMILES string of the molecule is COc1ccc(OCC[18F])c(CN(C(C)=O)c2cccnc2Oc2ccc(F)cc2)c1. The van der Waals surface area contributed by atoms with Gasteiger partial charge >= 0.3 is 0 Å². The predicted octanol–water partition coefficient (Wildman–Crippen LogP) is 4.92. The van der Waals surface area contributed by atoms with Crippen LogP contribution in [0, 0.1) is 5.82 Å². The van der Waals surface area contributed by atoms with Crippen LogP contribution in [0.1, 0.15) is 12.5 Å². The minimum absolute atomic E-state index is 0.106. The first-order valence-electron chi connectivity index (χ1n) is 9.54. The number of carbonyl (C=O) groups excluding carboxylic acids is 1. The van der Waals surface area contributed by atoms with Gasteiger partial charge in [0.25, 0.3) is 0 Å². The second-order valence-electron chi connectivity index (χ2n) is 6.50. The molecule has 6 nitrogen and oxygen atoms in total. The summed E-state index contributed by atoms with van der Waals surface area (Å²) in [5.74, 6) is 0.903. The molecule has 0 aliphatic carbocycles. The van der Waals surface area contributed by atoms with Crippen LogP contribution in [-0.4, -0.2) is 31.3 Å². The maximum Gasteiger partial charge on any atom is 0.243 e. The third-order valence-electron chi connectivity index (χ3n) is 4.38. The van der Waals surface area contributed by atoms with Crippen molar-refractivity contribution in [1.29, 1.82) is 0 Å². The van der Waals surface area contributed by atoms with Crippen LogP contribution in [0.2, 0.25) is 0 Å². The molecule has 3 rings (SSSR count). The van der Waals surface area contributed by atoms with Gasteiger partial charge in [-0.25, -0.2) is 13.8 Å². The van der Waals surface area contributed by atoms with E-state index in [4.69, 9.17) is 14.2 Å². The van der Waals surface area contributed by atoms with Crippen LogP contribution in [0.3, 0.4) is 0 Å². The molecule has 162 valence electrons. The van der Waals surface area contributed by atoms with Gasteiger partial charge in [0, 0.05) is 18.7 Å². The van der Waals surface area contributed by atoms with Crippen molar-refractivity contribution in [3.8, 4) is 23.1 Å². The smallest absolute Gasteiger partial charge is 0.243 e. The Morgan fingerprint density at radius 3 is 2.52 bits per heavy atom. The maximum atomic E-state index is 13.2. The Balaban J connectivity index is 1.95. The van der Waals surface area contributed by atoms with E-state index in [1.807, 2.05) is 0 Å². The van der Waals surface area contributed by atoms with Crippen molar-refractivity contribution in [2.75, 3.05) is 25.3 Å². The number of halogens is 2. The Morgan fingerprint density at radius 1 is 1.10 bits per heavy atom. The molecule has 0 fully saturated rings. The number of rotatable bonds is 9. The van der Waals surface area contributed by atoms with Crippen LogP contribution in [0.4, 0.5) is 14.5 Å². The zero-order valence-electron chi connectivity index (χ0n) is 17.2. The summed E-state index contributed by atoms with van der Waals surface area (Å²) in [6.07, 6.45) is 1.53. The Labute approximate surface area is 179 Å². The topological polar surface area (TPSA) is 60.9 Å². The lowest BCUT2D eigenvalue weighted by Gasteiger charge is -2.24. The molecule has 0 saturated heterocycles. The number of nitrogens with zero attached hydrogens (tertiary/aromatic N) is 2. The molecule has 1 amide bonds. The fourth-order valence-corrected chi connectivity index (χ4v) is 2.91. The molecule has 0 radical (unpaired) electrons. The molecular formula is C23H22F2N2O4. The number of methoxy groups -OCH3 is 1. The number of hydrogen-bond acceptors (Lipinski definition) is 5. The van der Waals surface area contributed by atoms with Crippen molar-refractivity contribution in [1.82, 2.24) is 4.98 Å². The molecular weight excluding hydrogens is 405 g/mol. The number of alkyl halides is 1. The van der Waals surface area contributed by atoms with E-state index < -0.39 is 12.5 Å². The molecule has 1 heterocycles. The number of amides is 1. The molecule has 31 heavy (non-hydrogen) atoms. The van der Waals surface area contributed by atoms with Crippen molar-refractivity contribution >= 4 is 11.6 Å². The average Bonchev–Trinajstić information content (AvgIpc) is 2.78. The number of hydrogen-bond donors (Lipinski definition) is 0. The molecule has 8 heteroatoms. The van der Waals surface area contributed by atoms with Gasteiger partial charge in [-0.2, -0.15) is 0 Å². The number of carbonyl (C=O) groups is 1. The third kappa shape index (κ3) is 5.69. The summed E-state index contributed by atoms with van der Waals surface area (Å²) in [5.41, 5.74) is 1.04. The Morgan fingerprint density at radius 2 is 1.84 bits per heavy atom. The Bertz CT molecular complexity index is 1030. The molecule has 0 bridgehead atoms. The number of ether oxygens (including phenoxy) is 3. The van der Waals surface area contributed by atoms with Gasteiger partial charge in [0.2, 0.25) is 11.8 Å². The molecule has 0 atom stereocenters.